The lowest BCUT2D eigenvalue weighted by Crippen LogP contribution is -2.31. The van der Waals surface area contributed by atoms with E-state index >= 15 is 0 Å². The third kappa shape index (κ3) is 3.30. The molecular weight excluding hydrogens is 292 g/mol. The first kappa shape index (κ1) is 15.2. The summed E-state index contributed by atoms with van der Waals surface area (Å²) in [6.45, 7) is 1.75. The minimum atomic E-state index is -4.63. The average Bonchev–Trinajstić information content (AvgIpc) is 2.82. The van der Waals surface area contributed by atoms with Crippen molar-refractivity contribution in [3.8, 4) is 11.8 Å². The van der Waals surface area contributed by atoms with Gasteiger partial charge in [-0.05, 0) is 31.2 Å². The number of hydrogen-bond acceptors (Lipinski definition) is 4. The molecule has 9 heteroatoms. The molecule has 0 saturated heterocycles. The molecule has 0 amide bonds. The van der Waals surface area contributed by atoms with Crippen molar-refractivity contribution in [2.24, 2.45) is 5.73 Å². The molecule has 2 rings (SSSR count). The molecule has 21 heavy (non-hydrogen) atoms. The zero-order valence-electron chi connectivity index (χ0n) is 10.9. The van der Waals surface area contributed by atoms with Crippen molar-refractivity contribution in [2.45, 2.75) is 25.7 Å². The van der Waals surface area contributed by atoms with E-state index < -0.39 is 23.9 Å². The summed E-state index contributed by atoms with van der Waals surface area (Å²) in [6.07, 6.45) is -4.63. The van der Waals surface area contributed by atoms with Crippen molar-refractivity contribution in [1.29, 1.82) is 0 Å². The van der Waals surface area contributed by atoms with Crippen LogP contribution in [0.3, 0.4) is 0 Å². The van der Waals surface area contributed by atoms with Gasteiger partial charge in [0.15, 0.2) is 11.9 Å². The largest absolute Gasteiger partial charge is 0.424 e. The number of rotatable bonds is 4. The van der Waals surface area contributed by atoms with Crippen LogP contribution in [-0.2, 0) is 6.54 Å². The van der Waals surface area contributed by atoms with Gasteiger partial charge in [-0.1, -0.05) is 5.10 Å². The summed E-state index contributed by atoms with van der Waals surface area (Å²) < 4.78 is 57.1. The molecule has 1 heterocycles. The first-order chi connectivity index (χ1) is 9.82. The first-order valence-corrected chi connectivity index (χ1v) is 6.01. The second-order valence-corrected chi connectivity index (χ2v) is 4.16. The van der Waals surface area contributed by atoms with Crippen molar-refractivity contribution < 1.29 is 22.3 Å². The summed E-state index contributed by atoms with van der Waals surface area (Å²) in [5.41, 5.74) is 5.12. The number of nitrogens with zero attached hydrogens (tertiary/aromatic N) is 3. The lowest BCUT2D eigenvalue weighted by molar-refractivity contribution is -0.151. The number of hydrogen-bond donors (Lipinski definition) is 1. The molecule has 5 nitrogen and oxygen atoms in total. The van der Waals surface area contributed by atoms with Crippen molar-refractivity contribution in [1.82, 2.24) is 14.8 Å². The van der Waals surface area contributed by atoms with Crippen LogP contribution in [0.5, 0.6) is 11.8 Å². The normalized spacial score (nSPS) is 13.2. The van der Waals surface area contributed by atoms with Gasteiger partial charge in [0.2, 0.25) is 0 Å². The molecular formula is C12H12F4N4O. The highest BCUT2D eigenvalue weighted by molar-refractivity contribution is 5.25. The van der Waals surface area contributed by atoms with Crippen LogP contribution in [0.1, 0.15) is 18.8 Å². The molecule has 0 saturated carbocycles. The number of benzene rings is 1. The smallest absolute Gasteiger partial charge is 0.410 e. The molecule has 0 spiro atoms. The topological polar surface area (TPSA) is 66.0 Å². The Labute approximate surface area is 117 Å². The number of nitrogens with two attached hydrogens (primary N) is 1. The van der Waals surface area contributed by atoms with Gasteiger partial charge in [0.05, 0.1) is 0 Å². The maximum Gasteiger partial charge on any atom is 0.410 e. The second kappa shape index (κ2) is 5.68. The van der Waals surface area contributed by atoms with Crippen molar-refractivity contribution in [3.63, 3.8) is 0 Å². The Morgan fingerprint density at radius 2 is 1.86 bits per heavy atom. The summed E-state index contributed by atoms with van der Waals surface area (Å²) in [5, 5.41) is 6.99. The quantitative estimate of drug-likeness (QED) is 0.882. The van der Waals surface area contributed by atoms with E-state index in [1.54, 1.807) is 6.92 Å². The molecule has 0 aliphatic rings. The Kier molecular flexibility index (Phi) is 4.12. The van der Waals surface area contributed by atoms with Gasteiger partial charge < -0.3 is 10.5 Å². The Morgan fingerprint density at radius 3 is 2.38 bits per heavy atom. The van der Waals surface area contributed by atoms with Crippen molar-refractivity contribution >= 4 is 0 Å². The minimum absolute atomic E-state index is 0.140. The van der Waals surface area contributed by atoms with Gasteiger partial charge in [-0.2, -0.15) is 13.2 Å². The summed E-state index contributed by atoms with van der Waals surface area (Å²) >= 11 is 0. The van der Waals surface area contributed by atoms with E-state index in [9.17, 15) is 17.6 Å². The lowest BCUT2D eigenvalue weighted by Gasteiger charge is -2.15. The fraction of sp³-hybridized carbons (Fsp3) is 0.333. The fourth-order valence-electron chi connectivity index (χ4n) is 1.66. The van der Waals surface area contributed by atoms with E-state index in [2.05, 4.69) is 10.2 Å². The van der Waals surface area contributed by atoms with Crippen LogP contribution in [0.25, 0.3) is 0 Å². The Morgan fingerprint density at radius 1 is 1.24 bits per heavy atom. The zero-order valence-corrected chi connectivity index (χ0v) is 10.9. The highest BCUT2D eigenvalue weighted by Gasteiger charge is 2.41. The Balaban J connectivity index is 2.29. The van der Waals surface area contributed by atoms with Gasteiger partial charge >= 0.3 is 12.2 Å². The number of ether oxygens (including phenoxy) is 1. The van der Waals surface area contributed by atoms with E-state index in [-0.39, 0.29) is 18.3 Å². The zero-order chi connectivity index (χ0) is 15.6. The third-order valence-corrected chi connectivity index (χ3v) is 2.72. The summed E-state index contributed by atoms with van der Waals surface area (Å²) in [7, 11) is 0. The molecule has 2 N–H and O–H groups in total. The highest BCUT2D eigenvalue weighted by atomic mass is 19.4. The molecule has 0 aliphatic heterocycles. The molecule has 1 atom stereocenters. The lowest BCUT2D eigenvalue weighted by atomic mass is 10.3. The van der Waals surface area contributed by atoms with Crippen LogP contribution in [0.15, 0.2) is 24.3 Å². The van der Waals surface area contributed by atoms with E-state index in [0.717, 1.165) is 16.7 Å². The van der Waals surface area contributed by atoms with Gasteiger partial charge in [-0.3, -0.25) is 4.57 Å². The predicted octanol–water partition coefficient (Wildman–Crippen LogP) is 2.79. The van der Waals surface area contributed by atoms with Gasteiger partial charge in [0.25, 0.3) is 0 Å². The molecule has 0 aliphatic carbocycles. The standard InChI is InChI=1S/C12H12F4N4O/c1-2-20-10(9(17)12(14,15)16)18-19-11(20)21-8-5-3-7(13)4-6-8/h3-6,9H,2,17H2,1H3. The fourth-order valence-corrected chi connectivity index (χ4v) is 1.66. The monoisotopic (exact) mass is 304 g/mol. The summed E-state index contributed by atoms with van der Waals surface area (Å²) in [5.74, 6) is -0.674. The predicted molar refractivity (Wildman–Crippen MR) is 65.2 cm³/mol. The van der Waals surface area contributed by atoms with Crippen molar-refractivity contribution in [3.05, 3.63) is 35.9 Å². The number of aromatic nitrogens is 3. The molecule has 114 valence electrons. The van der Waals surface area contributed by atoms with Gasteiger partial charge in [0, 0.05) is 6.54 Å². The molecule has 0 fully saturated rings. The molecule has 2 aromatic rings. The van der Waals surface area contributed by atoms with E-state index in [1.807, 2.05) is 0 Å². The maximum absolute atomic E-state index is 12.8. The Bertz CT molecular complexity index is 609. The Hall–Kier alpha value is -2.16. The van der Waals surface area contributed by atoms with Crippen LogP contribution in [-0.4, -0.2) is 20.9 Å². The molecule has 0 radical (unpaired) electrons. The van der Waals surface area contributed by atoms with Crippen LogP contribution in [0, 0.1) is 5.82 Å². The van der Waals surface area contributed by atoms with Gasteiger partial charge in [-0.25, -0.2) is 4.39 Å². The summed E-state index contributed by atoms with van der Waals surface area (Å²) in [4.78, 5) is 0. The van der Waals surface area contributed by atoms with Crippen LogP contribution < -0.4 is 10.5 Å². The van der Waals surface area contributed by atoms with Crippen LogP contribution in [0.2, 0.25) is 0 Å². The number of halogens is 4. The molecule has 1 aromatic carbocycles. The molecule has 1 aromatic heterocycles. The second-order valence-electron chi connectivity index (χ2n) is 4.16. The minimum Gasteiger partial charge on any atom is -0.424 e. The van der Waals surface area contributed by atoms with E-state index in [0.29, 0.717) is 0 Å². The maximum atomic E-state index is 12.8. The van der Waals surface area contributed by atoms with Crippen LogP contribution >= 0.6 is 0 Å². The molecule has 0 bridgehead atoms. The van der Waals surface area contributed by atoms with Crippen molar-refractivity contribution in [2.75, 3.05) is 0 Å². The highest BCUT2D eigenvalue weighted by Crippen LogP contribution is 2.31. The summed E-state index contributed by atoms with van der Waals surface area (Å²) in [6, 6.07) is 2.57. The number of alkyl halides is 3. The van der Waals surface area contributed by atoms with Crippen LogP contribution in [0.4, 0.5) is 17.6 Å². The first-order valence-electron chi connectivity index (χ1n) is 6.01. The van der Waals surface area contributed by atoms with Gasteiger partial charge in [-0.15, -0.1) is 5.10 Å². The van der Waals surface area contributed by atoms with E-state index in [1.165, 1.54) is 12.1 Å². The molecule has 1 unspecified atom stereocenters. The average molecular weight is 304 g/mol. The van der Waals surface area contributed by atoms with E-state index in [4.69, 9.17) is 10.5 Å². The van der Waals surface area contributed by atoms with Gasteiger partial charge in [0.1, 0.15) is 11.6 Å². The third-order valence-electron chi connectivity index (χ3n) is 2.72. The SMILES string of the molecule is CCn1c(Oc2ccc(F)cc2)nnc1C(N)C(F)(F)F.